The lowest BCUT2D eigenvalue weighted by Crippen LogP contribution is -2.27. The Morgan fingerprint density at radius 1 is 1.15 bits per heavy atom. The van der Waals surface area contributed by atoms with Crippen molar-refractivity contribution in [1.82, 2.24) is 4.90 Å². The van der Waals surface area contributed by atoms with Crippen molar-refractivity contribution in [2.45, 2.75) is 58.8 Å². The fourth-order valence-corrected chi connectivity index (χ4v) is 5.56. The zero-order valence-corrected chi connectivity index (χ0v) is 20.8. The molecule has 1 aliphatic carbocycles. The molecule has 2 aromatic heterocycles. The summed E-state index contributed by atoms with van der Waals surface area (Å²) < 4.78 is 11.8. The molecule has 0 radical (unpaired) electrons. The highest BCUT2D eigenvalue weighted by Gasteiger charge is 2.44. The number of nitrogens with zero attached hydrogens (tertiary/aromatic N) is 1. The maximum Gasteiger partial charge on any atom is 0.338 e. The highest BCUT2D eigenvalue weighted by Crippen LogP contribution is 2.57. The second-order valence-electron chi connectivity index (χ2n) is 8.79. The van der Waals surface area contributed by atoms with Crippen molar-refractivity contribution >= 4 is 28.3 Å². The van der Waals surface area contributed by atoms with E-state index in [-0.39, 0.29) is 11.3 Å². The van der Waals surface area contributed by atoms with Crippen molar-refractivity contribution in [2.24, 2.45) is 0 Å². The van der Waals surface area contributed by atoms with E-state index in [1.807, 2.05) is 11.3 Å². The van der Waals surface area contributed by atoms with E-state index in [4.69, 9.17) is 9.15 Å². The second kappa shape index (κ2) is 10.2. The molecule has 0 saturated heterocycles. The molecule has 1 aromatic carbocycles. The zero-order chi connectivity index (χ0) is 23.5. The van der Waals surface area contributed by atoms with E-state index in [0.29, 0.717) is 42.0 Å². The molecule has 176 valence electrons. The van der Waals surface area contributed by atoms with Crippen LogP contribution in [0.15, 0.2) is 39.5 Å². The molecule has 33 heavy (non-hydrogen) atoms. The van der Waals surface area contributed by atoms with Crippen molar-refractivity contribution in [2.75, 3.05) is 26.2 Å². The molecule has 0 amide bonds. The van der Waals surface area contributed by atoms with Gasteiger partial charge in [0.25, 0.3) is 0 Å². The first kappa shape index (κ1) is 23.7. The molecule has 0 aliphatic heterocycles. The first-order valence-corrected chi connectivity index (χ1v) is 12.8. The Morgan fingerprint density at radius 3 is 2.61 bits per heavy atom. The average molecular weight is 468 g/mol. The standard InChI is InChI=1S/C27H33NO4S/c1-5-8-19-25(29)22-15-18(27(30)31-14-13-28(6-2)7-3)10-11-23(22)32-26(19)21-16-20(21)24-12-9-17(4)33-24/h9-12,15,20-21H,5-8,13-14,16H2,1-4H3. The Kier molecular flexibility index (Phi) is 7.35. The van der Waals surface area contributed by atoms with Crippen LogP contribution >= 0.6 is 11.3 Å². The van der Waals surface area contributed by atoms with Gasteiger partial charge in [0.05, 0.1) is 10.9 Å². The normalized spacial score (nSPS) is 17.6. The van der Waals surface area contributed by atoms with Gasteiger partial charge in [-0.05, 0) is 63.2 Å². The summed E-state index contributed by atoms with van der Waals surface area (Å²) in [5.74, 6) is 1.12. The number of likely N-dealkylation sites (N-methyl/N-ethyl adjacent to an activating group) is 1. The van der Waals surface area contributed by atoms with Gasteiger partial charge in [-0.25, -0.2) is 4.79 Å². The number of thiophene rings is 1. The number of fused-ring (bicyclic) bond motifs is 1. The molecule has 1 saturated carbocycles. The molecule has 0 spiro atoms. The summed E-state index contributed by atoms with van der Waals surface area (Å²) in [6.07, 6.45) is 2.56. The van der Waals surface area contributed by atoms with Crippen LogP contribution in [0.4, 0.5) is 0 Å². The van der Waals surface area contributed by atoms with Crippen LogP contribution in [0.2, 0.25) is 0 Å². The summed E-state index contributed by atoms with van der Waals surface area (Å²) >= 11 is 1.83. The zero-order valence-electron chi connectivity index (χ0n) is 20.0. The van der Waals surface area contributed by atoms with Gasteiger partial charge in [-0.15, -0.1) is 11.3 Å². The number of carbonyl (C=O) groups is 1. The van der Waals surface area contributed by atoms with E-state index in [2.05, 4.69) is 44.7 Å². The Morgan fingerprint density at radius 2 is 1.94 bits per heavy atom. The van der Waals surface area contributed by atoms with Crippen LogP contribution in [0.25, 0.3) is 11.0 Å². The van der Waals surface area contributed by atoms with E-state index in [0.717, 1.165) is 37.3 Å². The Bertz CT molecular complexity index is 1190. The molecule has 2 heterocycles. The van der Waals surface area contributed by atoms with E-state index < -0.39 is 5.97 Å². The predicted octanol–water partition coefficient (Wildman–Crippen LogP) is 5.89. The smallest absolute Gasteiger partial charge is 0.338 e. The number of esters is 1. The maximum atomic E-state index is 13.5. The molecule has 2 atom stereocenters. The summed E-state index contributed by atoms with van der Waals surface area (Å²) in [7, 11) is 0. The monoisotopic (exact) mass is 467 g/mol. The van der Waals surface area contributed by atoms with Crippen LogP contribution in [-0.4, -0.2) is 37.1 Å². The summed E-state index contributed by atoms with van der Waals surface area (Å²) in [6.45, 7) is 11.2. The molecular weight excluding hydrogens is 434 g/mol. The third-order valence-electron chi connectivity index (χ3n) is 6.54. The Hall–Kier alpha value is -2.44. The number of carbonyl (C=O) groups excluding carboxylic acids is 1. The quantitative estimate of drug-likeness (QED) is 0.348. The summed E-state index contributed by atoms with van der Waals surface area (Å²) in [4.78, 5) is 30.9. The van der Waals surface area contributed by atoms with E-state index in [1.54, 1.807) is 18.2 Å². The molecule has 4 rings (SSSR count). The molecule has 1 fully saturated rings. The summed E-state index contributed by atoms with van der Waals surface area (Å²) in [5, 5.41) is 0.463. The lowest BCUT2D eigenvalue weighted by Gasteiger charge is -2.17. The SMILES string of the molecule is CCCc1c(C2CC2c2ccc(C)s2)oc2ccc(C(=O)OCCN(CC)CC)cc2c1=O. The number of rotatable bonds is 10. The number of ether oxygens (including phenoxy) is 1. The van der Waals surface area contributed by atoms with Crippen molar-refractivity contribution in [3.05, 3.63) is 67.2 Å². The highest BCUT2D eigenvalue weighted by molar-refractivity contribution is 7.12. The topological polar surface area (TPSA) is 59.8 Å². The van der Waals surface area contributed by atoms with Crippen LogP contribution < -0.4 is 5.43 Å². The molecule has 3 aromatic rings. The lowest BCUT2D eigenvalue weighted by atomic mass is 10.0. The maximum absolute atomic E-state index is 13.5. The van der Waals surface area contributed by atoms with Gasteiger partial charge < -0.3 is 14.1 Å². The van der Waals surface area contributed by atoms with Crippen LogP contribution in [0, 0.1) is 6.92 Å². The van der Waals surface area contributed by atoms with Crippen molar-refractivity contribution in [3.63, 3.8) is 0 Å². The van der Waals surface area contributed by atoms with Crippen LogP contribution in [-0.2, 0) is 11.2 Å². The van der Waals surface area contributed by atoms with E-state index in [9.17, 15) is 9.59 Å². The first-order chi connectivity index (χ1) is 16.0. The summed E-state index contributed by atoms with van der Waals surface area (Å²) in [6, 6.07) is 9.42. The predicted molar refractivity (Wildman–Crippen MR) is 134 cm³/mol. The second-order valence-corrected chi connectivity index (χ2v) is 10.1. The number of benzene rings is 1. The van der Waals surface area contributed by atoms with Crippen LogP contribution in [0.3, 0.4) is 0 Å². The van der Waals surface area contributed by atoms with Gasteiger partial charge in [0.15, 0.2) is 5.43 Å². The van der Waals surface area contributed by atoms with Gasteiger partial charge in [0, 0.05) is 33.7 Å². The molecular formula is C27H33NO4S. The van der Waals surface area contributed by atoms with Gasteiger partial charge >= 0.3 is 5.97 Å². The highest BCUT2D eigenvalue weighted by atomic mass is 32.1. The third-order valence-corrected chi connectivity index (χ3v) is 7.67. The minimum atomic E-state index is -0.403. The van der Waals surface area contributed by atoms with Gasteiger partial charge in [0.1, 0.15) is 18.0 Å². The molecule has 5 nitrogen and oxygen atoms in total. The van der Waals surface area contributed by atoms with Crippen LogP contribution in [0.5, 0.6) is 0 Å². The fraction of sp³-hybridized carbons (Fsp3) is 0.481. The Labute approximate surface area is 199 Å². The lowest BCUT2D eigenvalue weighted by molar-refractivity contribution is 0.0466. The minimum absolute atomic E-state index is 0.0149. The number of hydrogen-bond donors (Lipinski definition) is 0. The Balaban J connectivity index is 1.59. The molecule has 0 bridgehead atoms. The molecule has 0 N–H and O–H groups in total. The molecule has 2 unspecified atom stereocenters. The summed E-state index contributed by atoms with van der Waals surface area (Å²) in [5.41, 5.74) is 1.68. The van der Waals surface area contributed by atoms with E-state index in [1.165, 1.54) is 9.75 Å². The third kappa shape index (κ3) is 5.07. The van der Waals surface area contributed by atoms with Crippen molar-refractivity contribution in [1.29, 1.82) is 0 Å². The number of aryl methyl sites for hydroxylation is 1. The number of hydrogen-bond acceptors (Lipinski definition) is 6. The van der Waals surface area contributed by atoms with E-state index >= 15 is 0 Å². The van der Waals surface area contributed by atoms with Crippen LogP contribution in [0.1, 0.15) is 76.9 Å². The van der Waals surface area contributed by atoms with Gasteiger partial charge in [-0.2, -0.15) is 0 Å². The van der Waals surface area contributed by atoms with Crippen molar-refractivity contribution < 1.29 is 13.9 Å². The largest absolute Gasteiger partial charge is 0.461 e. The fourth-order valence-electron chi connectivity index (χ4n) is 4.51. The van der Waals surface area contributed by atoms with Crippen molar-refractivity contribution in [3.8, 4) is 0 Å². The minimum Gasteiger partial charge on any atom is -0.461 e. The molecule has 6 heteroatoms. The van der Waals surface area contributed by atoms with Gasteiger partial charge in [-0.3, -0.25) is 4.79 Å². The first-order valence-electron chi connectivity index (χ1n) is 12.0. The average Bonchev–Trinajstić information content (AvgIpc) is 3.50. The van der Waals surface area contributed by atoms with Gasteiger partial charge in [0.2, 0.25) is 0 Å². The molecule has 1 aliphatic rings. The van der Waals surface area contributed by atoms with Gasteiger partial charge in [-0.1, -0.05) is 27.2 Å².